The zero-order valence-corrected chi connectivity index (χ0v) is 7.01. The maximum absolute atomic E-state index is 11.1. The van der Waals surface area contributed by atoms with E-state index in [9.17, 15) is 9.59 Å². The molecular formula is C8H6N2O4. The van der Waals surface area contributed by atoms with Crippen molar-refractivity contribution in [3.8, 4) is 0 Å². The van der Waals surface area contributed by atoms with Crippen molar-refractivity contribution in [1.29, 1.82) is 0 Å². The van der Waals surface area contributed by atoms with E-state index >= 15 is 0 Å². The van der Waals surface area contributed by atoms with Crippen LogP contribution in [0, 0.1) is 0 Å². The first-order valence-electron chi connectivity index (χ1n) is 3.53. The summed E-state index contributed by atoms with van der Waals surface area (Å²) in [5, 5.41) is 8.65. The molecule has 0 aromatic carbocycles. The van der Waals surface area contributed by atoms with Gasteiger partial charge in [0.25, 0.3) is 0 Å². The van der Waals surface area contributed by atoms with E-state index in [-0.39, 0.29) is 5.69 Å². The van der Waals surface area contributed by atoms with Crippen molar-refractivity contribution in [2.24, 2.45) is 0 Å². The molecule has 0 fully saturated rings. The van der Waals surface area contributed by atoms with Gasteiger partial charge in [0.2, 0.25) is 0 Å². The quantitative estimate of drug-likeness (QED) is 0.555. The maximum Gasteiger partial charge on any atom is 0.364 e. The monoisotopic (exact) mass is 194 g/mol. The lowest BCUT2D eigenvalue weighted by Crippen LogP contribution is -2.13. The number of nitrogens with zero attached hydrogens (tertiary/aromatic N) is 2. The number of rotatable bonds is 3. The van der Waals surface area contributed by atoms with Gasteiger partial charge < -0.3 is 9.84 Å². The molecule has 1 aromatic rings. The van der Waals surface area contributed by atoms with Crippen molar-refractivity contribution in [2.45, 2.75) is 0 Å². The minimum Gasteiger partial charge on any atom is -0.476 e. The fraction of sp³-hybridized carbons (Fsp3) is 0. The summed E-state index contributed by atoms with van der Waals surface area (Å²) in [6.45, 7) is 3.16. The minimum atomic E-state index is -1.34. The third-order valence-corrected chi connectivity index (χ3v) is 1.28. The Bertz CT molecular complexity index is 389. The predicted molar refractivity (Wildman–Crippen MR) is 44.6 cm³/mol. The number of carboxylic acids is 1. The van der Waals surface area contributed by atoms with Crippen LogP contribution in [0.2, 0.25) is 0 Å². The molecule has 0 amide bonds. The van der Waals surface area contributed by atoms with Gasteiger partial charge in [-0.1, -0.05) is 6.58 Å². The Balaban J connectivity index is 3.12. The van der Waals surface area contributed by atoms with Gasteiger partial charge in [-0.2, -0.15) is 0 Å². The molecule has 1 N–H and O–H groups in total. The molecule has 1 rings (SSSR count). The van der Waals surface area contributed by atoms with Crippen molar-refractivity contribution < 1.29 is 19.4 Å². The van der Waals surface area contributed by atoms with Crippen molar-refractivity contribution >= 4 is 11.9 Å². The Labute approximate surface area is 78.9 Å². The van der Waals surface area contributed by atoms with Gasteiger partial charge in [-0.3, -0.25) is 0 Å². The molecule has 0 aliphatic rings. The van der Waals surface area contributed by atoms with Crippen LogP contribution < -0.4 is 0 Å². The summed E-state index contributed by atoms with van der Waals surface area (Å²) >= 11 is 0. The molecule has 0 saturated heterocycles. The van der Waals surface area contributed by atoms with E-state index in [1.54, 1.807) is 0 Å². The molecule has 0 aliphatic heterocycles. The third kappa shape index (κ3) is 1.92. The van der Waals surface area contributed by atoms with Gasteiger partial charge in [-0.15, -0.1) is 0 Å². The number of aromatic nitrogens is 2. The second-order valence-corrected chi connectivity index (χ2v) is 2.13. The highest BCUT2D eigenvalue weighted by Gasteiger charge is 2.19. The van der Waals surface area contributed by atoms with Gasteiger partial charge in [-0.05, 0) is 0 Å². The van der Waals surface area contributed by atoms with Crippen molar-refractivity contribution in [3.05, 3.63) is 36.6 Å². The number of aromatic carboxylic acids is 1. The van der Waals surface area contributed by atoms with Crippen LogP contribution in [0.4, 0.5) is 0 Å². The number of hydrogen-bond donors (Lipinski definition) is 1. The number of carbonyl (C=O) groups is 2. The number of carbonyl (C=O) groups excluding carboxylic acids is 1. The average Bonchev–Trinajstić information content (AvgIpc) is 2.18. The molecule has 1 aromatic heterocycles. The third-order valence-electron chi connectivity index (χ3n) is 1.28. The van der Waals surface area contributed by atoms with E-state index < -0.39 is 17.6 Å². The van der Waals surface area contributed by atoms with Crippen LogP contribution in [-0.2, 0) is 4.74 Å². The Hall–Kier alpha value is -2.24. The molecule has 1 heterocycles. The van der Waals surface area contributed by atoms with Crippen molar-refractivity contribution in [1.82, 2.24) is 9.97 Å². The zero-order chi connectivity index (χ0) is 10.6. The second kappa shape index (κ2) is 4.13. The summed E-state index contributed by atoms with van der Waals surface area (Å²) in [5.41, 5.74) is -0.792. The van der Waals surface area contributed by atoms with Gasteiger partial charge in [0.1, 0.15) is 0 Å². The Morgan fingerprint density at radius 2 is 1.93 bits per heavy atom. The van der Waals surface area contributed by atoms with E-state index in [0.717, 1.165) is 6.26 Å². The molecular weight excluding hydrogens is 188 g/mol. The van der Waals surface area contributed by atoms with Crippen molar-refractivity contribution in [3.63, 3.8) is 0 Å². The molecule has 0 bridgehead atoms. The van der Waals surface area contributed by atoms with Gasteiger partial charge in [-0.25, -0.2) is 19.6 Å². The summed E-state index contributed by atoms with van der Waals surface area (Å²) in [5.74, 6) is -2.24. The molecule has 0 atom stereocenters. The van der Waals surface area contributed by atoms with Crippen LogP contribution in [-0.4, -0.2) is 27.0 Å². The highest BCUT2D eigenvalue weighted by Crippen LogP contribution is 2.03. The highest BCUT2D eigenvalue weighted by molar-refractivity contribution is 5.99. The number of hydrogen-bond acceptors (Lipinski definition) is 5. The van der Waals surface area contributed by atoms with E-state index in [2.05, 4.69) is 21.3 Å². The lowest BCUT2D eigenvalue weighted by molar-refractivity contribution is 0.0622. The molecule has 0 aliphatic carbocycles. The van der Waals surface area contributed by atoms with Crippen LogP contribution in [0.25, 0.3) is 0 Å². The Morgan fingerprint density at radius 1 is 1.36 bits per heavy atom. The molecule has 6 heteroatoms. The first-order valence-corrected chi connectivity index (χ1v) is 3.53. The van der Waals surface area contributed by atoms with Gasteiger partial charge in [0, 0.05) is 12.4 Å². The van der Waals surface area contributed by atoms with Crippen LogP contribution >= 0.6 is 0 Å². The van der Waals surface area contributed by atoms with Crippen LogP contribution in [0.3, 0.4) is 0 Å². The number of carboxylic acid groups (broad SMARTS) is 1. The molecule has 14 heavy (non-hydrogen) atoms. The molecule has 72 valence electrons. The molecule has 0 spiro atoms. The zero-order valence-electron chi connectivity index (χ0n) is 7.01. The van der Waals surface area contributed by atoms with Crippen LogP contribution in [0.5, 0.6) is 0 Å². The lowest BCUT2D eigenvalue weighted by Gasteiger charge is -2.00. The maximum atomic E-state index is 11.1. The Morgan fingerprint density at radius 3 is 2.43 bits per heavy atom. The van der Waals surface area contributed by atoms with Gasteiger partial charge >= 0.3 is 11.9 Å². The summed E-state index contributed by atoms with van der Waals surface area (Å²) in [6, 6.07) is 0. The first-order chi connectivity index (χ1) is 6.66. The predicted octanol–water partition coefficient (Wildman–Crippen LogP) is 0.475. The average molecular weight is 194 g/mol. The molecule has 0 radical (unpaired) electrons. The summed E-state index contributed by atoms with van der Waals surface area (Å²) in [7, 11) is 0. The molecule has 6 nitrogen and oxygen atoms in total. The highest BCUT2D eigenvalue weighted by atomic mass is 16.5. The Kier molecular flexibility index (Phi) is 2.90. The van der Waals surface area contributed by atoms with E-state index in [4.69, 9.17) is 5.11 Å². The standard InChI is InChI=1S/C8H6N2O4/c1-2-14-8(13)6-5(7(11)12)9-3-4-10-6/h2-4H,1H2,(H,11,12). The SMILES string of the molecule is C=COC(=O)c1nccnc1C(=O)O. The van der Waals surface area contributed by atoms with Gasteiger partial charge in [0.05, 0.1) is 6.26 Å². The normalized spacial score (nSPS) is 9.14. The van der Waals surface area contributed by atoms with Gasteiger partial charge in [0.15, 0.2) is 11.4 Å². The first kappa shape index (κ1) is 9.85. The fourth-order valence-corrected chi connectivity index (χ4v) is 0.775. The smallest absolute Gasteiger partial charge is 0.364 e. The fourth-order valence-electron chi connectivity index (χ4n) is 0.775. The second-order valence-electron chi connectivity index (χ2n) is 2.13. The number of esters is 1. The molecule has 0 saturated carbocycles. The summed E-state index contributed by atoms with van der Waals surface area (Å²) in [4.78, 5) is 28.7. The summed E-state index contributed by atoms with van der Waals surface area (Å²) < 4.78 is 4.38. The summed E-state index contributed by atoms with van der Waals surface area (Å²) in [6.07, 6.45) is 3.27. The van der Waals surface area contributed by atoms with E-state index in [1.165, 1.54) is 12.4 Å². The van der Waals surface area contributed by atoms with E-state index in [1.807, 2.05) is 0 Å². The topological polar surface area (TPSA) is 89.4 Å². The lowest BCUT2D eigenvalue weighted by atomic mass is 10.3. The molecule has 0 unspecified atom stereocenters. The van der Waals surface area contributed by atoms with E-state index in [0.29, 0.717) is 0 Å². The number of ether oxygens (including phenoxy) is 1. The van der Waals surface area contributed by atoms with Crippen molar-refractivity contribution in [2.75, 3.05) is 0 Å². The van der Waals surface area contributed by atoms with Crippen LogP contribution in [0.15, 0.2) is 25.2 Å². The minimum absolute atomic E-state index is 0.347. The largest absolute Gasteiger partial charge is 0.476 e. The van der Waals surface area contributed by atoms with Crippen LogP contribution in [0.1, 0.15) is 21.0 Å².